The highest BCUT2D eigenvalue weighted by Gasteiger charge is 2.22. The second-order valence-electron chi connectivity index (χ2n) is 4.79. The molecule has 4 nitrogen and oxygen atoms in total. The molecule has 1 atom stereocenters. The van der Waals surface area contributed by atoms with E-state index < -0.39 is 0 Å². The molecule has 0 amide bonds. The van der Waals surface area contributed by atoms with Crippen LogP contribution in [0.5, 0.6) is 0 Å². The monoisotopic (exact) mass is 260 g/mol. The molecule has 1 aliphatic rings. The number of aliphatic hydroxyl groups is 1. The zero-order valence-corrected chi connectivity index (χ0v) is 11.3. The van der Waals surface area contributed by atoms with E-state index in [-0.39, 0.29) is 12.7 Å². The Labute approximate surface area is 114 Å². The second kappa shape index (κ2) is 6.55. The van der Waals surface area contributed by atoms with E-state index in [1.165, 1.54) is 0 Å². The number of piperidine rings is 1. The number of anilines is 1. The number of benzene rings is 1. The van der Waals surface area contributed by atoms with Crippen LogP contribution in [0.4, 0.5) is 5.69 Å². The van der Waals surface area contributed by atoms with Crippen LogP contribution in [0.3, 0.4) is 0 Å². The lowest BCUT2D eigenvalue weighted by Gasteiger charge is -2.34. The van der Waals surface area contributed by atoms with Crippen LogP contribution in [0, 0.1) is 11.3 Å². The summed E-state index contributed by atoms with van der Waals surface area (Å²) in [6.45, 7) is 4.50. The first-order valence-corrected chi connectivity index (χ1v) is 6.79. The fourth-order valence-corrected chi connectivity index (χ4v) is 2.58. The molecule has 0 saturated carbocycles. The van der Waals surface area contributed by atoms with E-state index in [0.717, 1.165) is 43.8 Å². The van der Waals surface area contributed by atoms with Gasteiger partial charge >= 0.3 is 0 Å². The van der Waals surface area contributed by atoms with Gasteiger partial charge in [0.25, 0.3) is 0 Å². The molecule has 1 saturated heterocycles. The summed E-state index contributed by atoms with van der Waals surface area (Å²) in [4.78, 5) is 2.21. The molecule has 0 radical (unpaired) electrons. The average molecular weight is 260 g/mol. The summed E-state index contributed by atoms with van der Waals surface area (Å²) in [5.74, 6) is 0. The van der Waals surface area contributed by atoms with Crippen molar-refractivity contribution in [3.05, 3.63) is 29.3 Å². The van der Waals surface area contributed by atoms with E-state index in [2.05, 4.69) is 11.0 Å². The average Bonchev–Trinajstić information content (AvgIpc) is 2.47. The van der Waals surface area contributed by atoms with Gasteiger partial charge < -0.3 is 14.7 Å². The van der Waals surface area contributed by atoms with Gasteiger partial charge in [-0.15, -0.1) is 0 Å². The zero-order valence-electron chi connectivity index (χ0n) is 11.3. The Morgan fingerprint density at radius 1 is 1.53 bits per heavy atom. The SMILES string of the molecule is CCOC1CCCN(c2ccc(CO)cc2C#N)C1. The molecule has 1 aromatic carbocycles. The normalized spacial score (nSPS) is 19.2. The van der Waals surface area contributed by atoms with Crippen molar-refractivity contribution in [3.8, 4) is 6.07 Å². The summed E-state index contributed by atoms with van der Waals surface area (Å²) in [5, 5.41) is 18.4. The highest BCUT2D eigenvalue weighted by molar-refractivity contribution is 5.60. The minimum absolute atomic E-state index is 0.0312. The van der Waals surface area contributed by atoms with Gasteiger partial charge in [-0.05, 0) is 37.5 Å². The summed E-state index contributed by atoms with van der Waals surface area (Å²) in [6.07, 6.45) is 2.42. The predicted molar refractivity (Wildman–Crippen MR) is 73.9 cm³/mol. The molecule has 0 aromatic heterocycles. The van der Waals surface area contributed by atoms with Gasteiger partial charge in [-0.25, -0.2) is 0 Å². The third-order valence-electron chi connectivity index (χ3n) is 3.49. The van der Waals surface area contributed by atoms with Crippen LogP contribution < -0.4 is 4.90 Å². The molecular weight excluding hydrogens is 240 g/mol. The summed E-state index contributed by atoms with van der Waals surface area (Å²) in [5.41, 5.74) is 2.35. The van der Waals surface area contributed by atoms with Crippen LogP contribution >= 0.6 is 0 Å². The molecule has 0 aliphatic carbocycles. The number of rotatable bonds is 4. The lowest BCUT2D eigenvalue weighted by Crippen LogP contribution is -2.40. The van der Waals surface area contributed by atoms with Crippen LogP contribution in [0.1, 0.15) is 30.9 Å². The van der Waals surface area contributed by atoms with Crippen LogP contribution in [-0.2, 0) is 11.3 Å². The summed E-state index contributed by atoms with van der Waals surface area (Å²) < 4.78 is 5.69. The Morgan fingerprint density at radius 3 is 3.05 bits per heavy atom. The van der Waals surface area contributed by atoms with Crippen LogP contribution in [0.25, 0.3) is 0 Å². The molecule has 2 rings (SSSR count). The van der Waals surface area contributed by atoms with E-state index in [1.54, 1.807) is 6.07 Å². The number of ether oxygens (including phenoxy) is 1. The van der Waals surface area contributed by atoms with Gasteiger partial charge in [0.2, 0.25) is 0 Å². The highest BCUT2D eigenvalue weighted by atomic mass is 16.5. The van der Waals surface area contributed by atoms with Crippen molar-refractivity contribution in [2.75, 3.05) is 24.6 Å². The minimum Gasteiger partial charge on any atom is -0.392 e. The maximum Gasteiger partial charge on any atom is 0.101 e. The molecule has 0 bridgehead atoms. The van der Waals surface area contributed by atoms with Crippen molar-refractivity contribution < 1.29 is 9.84 Å². The summed E-state index contributed by atoms with van der Waals surface area (Å²) in [7, 11) is 0. The first-order chi connectivity index (χ1) is 9.28. The topological polar surface area (TPSA) is 56.5 Å². The third kappa shape index (κ3) is 3.25. The molecule has 0 spiro atoms. The highest BCUT2D eigenvalue weighted by Crippen LogP contribution is 2.25. The molecule has 4 heteroatoms. The maximum atomic E-state index is 9.25. The van der Waals surface area contributed by atoms with Crippen molar-refractivity contribution >= 4 is 5.69 Å². The molecular formula is C15H20N2O2. The van der Waals surface area contributed by atoms with Crippen LogP contribution in [-0.4, -0.2) is 30.9 Å². The quantitative estimate of drug-likeness (QED) is 0.900. The number of hydrogen-bond donors (Lipinski definition) is 1. The zero-order chi connectivity index (χ0) is 13.7. The van der Waals surface area contributed by atoms with Crippen LogP contribution in [0.15, 0.2) is 18.2 Å². The van der Waals surface area contributed by atoms with Gasteiger partial charge in [-0.3, -0.25) is 0 Å². The summed E-state index contributed by atoms with van der Waals surface area (Å²) in [6, 6.07) is 7.79. The van der Waals surface area contributed by atoms with E-state index in [1.807, 2.05) is 19.1 Å². The van der Waals surface area contributed by atoms with Gasteiger partial charge in [0.05, 0.1) is 24.0 Å². The van der Waals surface area contributed by atoms with E-state index in [4.69, 9.17) is 9.84 Å². The lowest BCUT2D eigenvalue weighted by molar-refractivity contribution is 0.0526. The van der Waals surface area contributed by atoms with Crippen molar-refractivity contribution in [1.82, 2.24) is 0 Å². The van der Waals surface area contributed by atoms with E-state index >= 15 is 0 Å². The Kier molecular flexibility index (Phi) is 4.78. The molecule has 102 valence electrons. The molecule has 1 heterocycles. The van der Waals surface area contributed by atoms with Gasteiger partial charge in [-0.1, -0.05) is 6.07 Å². The Bertz CT molecular complexity index is 466. The van der Waals surface area contributed by atoms with Crippen molar-refractivity contribution in [3.63, 3.8) is 0 Å². The summed E-state index contributed by atoms with van der Waals surface area (Å²) >= 11 is 0. The van der Waals surface area contributed by atoms with Gasteiger partial charge in [-0.2, -0.15) is 5.26 Å². The number of hydrogen-bond acceptors (Lipinski definition) is 4. The molecule has 1 aromatic rings. The number of nitrogens with zero attached hydrogens (tertiary/aromatic N) is 2. The van der Waals surface area contributed by atoms with E-state index in [0.29, 0.717) is 5.56 Å². The second-order valence-corrected chi connectivity index (χ2v) is 4.79. The fraction of sp³-hybridized carbons (Fsp3) is 0.533. The minimum atomic E-state index is -0.0312. The lowest BCUT2D eigenvalue weighted by atomic mass is 10.0. The molecule has 1 aliphatic heterocycles. The van der Waals surface area contributed by atoms with Crippen molar-refractivity contribution in [1.29, 1.82) is 5.26 Å². The fourth-order valence-electron chi connectivity index (χ4n) is 2.58. The number of nitriles is 1. The molecule has 1 fully saturated rings. The van der Waals surface area contributed by atoms with Gasteiger partial charge in [0.1, 0.15) is 6.07 Å². The Balaban J connectivity index is 2.19. The Morgan fingerprint density at radius 2 is 2.37 bits per heavy atom. The first-order valence-electron chi connectivity index (χ1n) is 6.79. The van der Waals surface area contributed by atoms with Gasteiger partial charge in [0.15, 0.2) is 0 Å². The van der Waals surface area contributed by atoms with Crippen molar-refractivity contribution in [2.24, 2.45) is 0 Å². The predicted octanol–water partition coefficient (Wildman–Crippen LogP) is 2.06. The standard InChI is InChI=1S/C15H20N2O2/c1-2-19-14-4-3-7-17(10-14)15-6-5-12(11-18)8-13(15)9-16/h5-6,8,14,18H,2-4,7,10-11H2,1H3. The van der Waals surface area contributed by atoms with Gasteiger partial charge in [0, 0.05) is 19.7 Å². The molecule has 19 heavy (non-hydrogen) atoms. The molecule has 1 unspecified atom stereocenters. The maximum absolute atomic E-state index is 9.25. The molecule has 1 N–H and O–H groups in total. The van der Waals surface area contributed by atoms with Crippen molar-refractivity contribution in [2.45, 2.75) is 32.5 Å². The first kappa shape index (κ1) is 13.9. The Hall–Kier alpha value is -1.57. The smallest absolute Gasteiger partial charge is 0.101 e. The van der Waals surface area contributed by atoms with Crippen LogP contribution in [0.2, 0.25) is 0 Å². The number of aliphatic hydroxyl groups excluding tert-OH is 1. The third-order valence-corrected chi connectivity index (χ3v) is 3.49. The largest absolute Gasteiger partial charge is 0.392 e. The van der Waals surface area contributed by atoms with E-state index in [9.17, 15) is 5.26 Å².